The maximum Gasteiger partial charge on any atom is 0.258 e. The van der Waals surface area contributed by atoms with Gasteiger partial charge >= 0.3 is 0 Å². The van der Waals surface area contributed by atoms with E-state index >= 15 is 0 Å². The highest BCUT2D eigenvalue weighted by Gasteiger charge is 2.23. The molecule has 3 aromatic rings. The average Bonchev–Trinajstić information content (AvgIpc) is 3.20. The number of nitrogens with zero attached hydrogens (tertiary/aromatic N) is 2. The smallest absolute Gasteiger partial charge is 0.258 e. The fourth-order valence-corrected chi connectivity index (χ4v) is 3.45. The van der Waals surface area contributed by atoms with Crippen molar-refractivity contribution in [2.24, 2.45) is 0 Å². The largest absolute Gasteiger partial charge is 0.352 e. The van der Waals surface area contributed by atoms with Crippen LogP contribution in [0.4, 0.5) is 4.39 Å². The third-order valence-electron chi connectivity index (χ3n) is 4.19. The first-order valence-corrected chi connectivity index (χ1v) is 10.4. The van der Waals surface area contributed by atoms with Crippen molar-refractivity contribution in [2.45, 2.75) is 37.5 Å². The molecular formula is C22H24FN3O2S. The number of benzene rings is 2. The van der Waals surface area contributed by atoms with Gasteiger partial charge in [0.1, 0.15) is 5.82 Å². The van der Waals surface area contributed by atoms with Crippen LogP contribution in [0, 0.1) is 5.82 Å². The number of carbonyl (C=O) groups excluding carboxylic acids is 1. The standard InChI is InChI=1S/C22H24FN3O2S/c1-22(2,3)21-25-20(28-26-21)18-8-5-4-7-17(18)19(27)24-13-6-14-29-16-11-9-15(23)10-12-16/h4-5,7-12H,6,13-14H2,1-3H3,(H,24,27). The van der Waals surface area contributed by atoms with Gasteiger partial charge in [-0.05, 0) is 48.6 Å². The molecule has 2 aromatic carbocycles. The van der Waals surface area contributed by atoms with Gasteiger partial charge in [0.25, 0.3) is 11.8 Å². The van der Waals surface area contributed by atoms with E-state index in [-0.39, 0.29) is 17.1 Å². The summed E-state index contributed by atoms with van der Waals surface area (Å²) in [5.41, 5.74) is 0.887. The molecule has 0 saturated carbocycles. The summed E-state index contributed by atoms with van der Waals surface area (Å²) in [4.78, 5) is 18.1. The maximum atomic E-state index is 12.9. The molecule has 0 unspecified atom stereocenters. The summed E-state index contributed by atoms with van der Waals surface area (Å²) >= 11 is 1.63. The molecule has 0 bridgehead atoms. The molecule has 0 aliphatic heterocycles. The third kappa shape index (κ3) is 5.67. The molecule has 1 heterocycles. The van der Waals surface area contributed by atoms with Crippen molar-refractivity contribution in [2.75, 3.05) is 12.3 Å². The van der Waals surface area contributed by atoms with Gasteiger partial charge in [-0.25, -0.2) is 4.39 Å². The number of halogens is 1. The molecule has 1 amide bonds. The second-order valence-corrected chi connectivity index (χ2v) is 8.80. The predicted octanol–water partition coefficient (Wildman–Crippen LogP) is 5.09. The first-order valence-electron chi connectivity index (χ1n) is 9.45. The Kier molecular flexibility index (Phi) is 6.69. The Hall–Kier alpha value is -2.67. The van der Waals surface area contributed by atoms with Crippen molar-refractivity contribution in [3.05, 3.63) is 65.7 Å². The number of carbonyl (C=O) groups is 1. The summed E-state index contributed by atoms with van der Waals surface area (Å²) in [5.74, 6) is 1.35. The molecule has 29 heavy (non-hydrogen) atoms. The van der Waals surface area contributed by atoms with Crippen LogP contribution in [0.1, 0.15) is 43.4 Å². The van der Waals surface area contributed by atoms with Gasteiger partial charge in [0.15, 0.2) is 5.82 Å². The number of aromatic nitrogens is 2. The van der Waals surface area contributed by atoms with E-state index in [0.717, 1.165) is 17.1 Å². The molecule has 152 valence electrons. The molecule has 0 saturated heterocycles. The Labute approximate surface area is 174 Å². The van der Waals surface area contributed by atoms with Crippen molar-refractivity contribution in [1.29, 1.82) is 0 Å². The third-order valence-corrected chi connectivity index (χ3v) is 5.29. The van der Waals surface area contributed by atoms with Gasteiger partial charge in [-0.15, -0.1) is 11.8 Å². The topological polar surface area (TPSA) is 68.0 Å². The fourth-order valence-electron chi connectivity index (χ4n) is 2.60. The highest BCUT2D eigenvalue weighted by Crippen LogP contribution is 2.26. The highest BCUT2D eigenvalue weighted by atomic mass is 32.2. The summed E-state index contributed by atoms with van der Waals surface area (Å²) in [6, 6.07) is 13.6. The van der Waals surface area contributed by atoms with E-state index in [4.69, 9.17) is 4.52 Å². The quantitative estimate of drug-likeness (QED) is 0.432. The lowest BCUT2D eigenvalue weighted by molar-refractivity contribution is 0.0954. The van der Waals surface area contributed by atoms with Gasteiger partial charge in [0, 0.05) is 16.9 Å². The van der Waals surface area contributed by atoms with Crippen LogP contribution in [0.5, 0.6) is 0 Å². The molecule has 1 N–H and O–H groups in total. The molecule has 1 aromatic heterocycles. The zero-order valence-electron chi connectivity index (χ0n) is 16.7. The van der Waals surface area contributed by atoms with Crippen molar-refractivity contribution in [3.8, 4) is 11.5 Å². The average molecular weight is 414 g/mol. The minimum atomic E-state index is -0.240. The van der Waals surface area contributed by atoms with Gasteiger partial charge in [0.05, 0.1) is 11.1 Å². The number of rotatable bonds is 7. The Balaban J connectivity index is 1.57. The highest BCUT2D eigenvalue weighted by molar-refractivity contribution is 7.99. The Bertz CT molecular complexity index is 965. The number of amides is 1. The second-order valence-electron chi connectivity index (χ2n) is 7.63. The van der Waals surface area contributed by atoms with Crippen LogP contribution in [0.15, 0.2) is 57.9 Å². The van der Waals surface area contributed by atoms with Crippen LogP contribution in [-0.2, 0) is 5.41 Å². The van der Waals surface area contributed by atoms with E-state index in [1.165, 1.54) is 12.1 Å². The molecule has 0 radical (unpaired) electrons. The molecule has 0 atom stereocenters. The van der Waals surface area contributed by atoms with Gasteiger partial charge < -0.3 is 9.84 Å². The normalized spacial score (nSPS) is 11.4. The monoisotopic (exact) mass is 413 g/mol. The van der Waals surface area contributed by atoms with Crippen LogP contribution in [0.2, 0.25) is 0 Å². The first kappa shape index (κ1) is 21.0. The van der Waals surface area contributed by atoms with E-state index in [1.54, 1.807) is 36.0 Å². The van der Waals surface area contributed by atoms with E-state index < -0.39 is 0 Å². The summed E-state index contributed by atoms with van der Waals surface area (Å²) in [5, 5.41) is 6.98. The van der Waals surface area contributed by atoms with Crippen LogP contribution in [0.25, 0.3) is 11.5 Å². The molecule has 0 aliphatic rings. The van der Waals surface area contributed by atoms with Crippen LogP contribution < -0.4 is 5.32 Å². The first-order chi connectivity index (χ1) is 13.8. The lowest BCUT2D eigenvalue weighted by Gasteiger charge is -2.11. The summed E-state index contributed by atoms with van der Waals surface area (Å²) < 4.78 is 18.3. The molecule has 0 aliphatic carbocycles. The zero-order valence-corrected chi connectivity index (χ0v) is 17.6. The molecule has 7 heteroatoms. The second kappa shape index (κ2) is 9.22. The Morgan fingerprint density at radius 3 is 2.55 bits per heavy atom. The molecule has 3 rings (SSSR count). The predicted molar refractivity (Wildman–Crippen MR) is 113 cm³/mol. The molecule has 0 fully saturated rings. The van der Waals surface area contributed by atoms with Crippen molar-refractivity contribution in [1.82, 2.24) is 15.5 Å². The summed E-state index contributed by atoms with van der Waals surface area (Å²) in [6.07, 6.45) is 0.796. The van der Waals surface area contributed by atoms with Crippen LogP contribution in [0.3, 0.4) is 0 Å². The maximum absolute atomic E-state index is 12.9. The Morgan fingerprint density at radius 1 is 1.14 bits per heavy atom. The van der Waals surface area contributed by atoms with E-state index in [1.807, 2.05) is 32.9 Å². The van der Waals surface area contributed by atoms with Gasteiger partial charge in [0.2, 0.25) is 0 Å². The molecular weight excluding hydrogens is 389 g/mol. The van der Waals surface area contributed by atoms with Crippen molar-refractivity contribution >= 4 is 17.7 Å². The lowest BCUT2D eigenvalue weighted by Crippen LogP contribution is -2.25. The zero-order chi connectivity index (χ0) is 20.9. The van der Waals surface area contributed by atoms with Crippen LogP contribution >= 0.6 is 11.8 Å². The number of nitrogens with one attached hydrogen (secondary N) is 1. The van der Waals surface area contributed by atoms with Crippen molar-refractivity contribution in [3.63, 3.8) is 0 Å². The fraction of sp³-hybridized carbons (Fsp3) is 0.318. The van der Waals surface area contributed by atoms with E-state index in [0.29, 0.717) is 29.4 Å². The minimum Gasteiger partial charge on any atom is -0.352 e. The summed E-state index contributed by atoms with van der Waals surface area (Å²) in [7, 11) is 0. The Morgan fingerprint density at radius 2 is 1.86 bits per heavy atom. The number of hydrogen-bond acceptors (Lipinski definition) is 5. The SMILES string of the molecule is CC(C)(C)c1noc(-c2ccccc2C(=O)NCCCSc2ccc(F)cc2)n1. The summed E-state index contributed by atoms with van der Waals surface area (Å²) in [6.45, 7) is 6.55. The van der Waals surface area contributed by atoms with Gasteiger partial charge in [-0.1, -0.05) is 38.1 Å². The van der Waals surface area contributed by atoms with E-state index in [9.17, 15) is 9.18 Å². The molecule has 0 spiro atoms. The minimum absolute atomic E-state index is 0.178. The number of thioether (sulfide) groups is 1. The van der Waals surface area contributed by atoms with E-state index in [2.05, 4.69) is 15.5 Å². The molecule has 5 nitrogen and oxygen atoms in total. The van der Waals surface area contributed by atoms with Crippen LogP contribution in [-0.4, -0.2) is 28.3 Å². The van der Waals surface area contributed by atoms with Crippen molar-refractivity contribution < 1.29 is 13.7 Å². The van der Waals surface area contributed by atoms with Gasteiger partial charge in [-0.2, -0.15) is 4.98 Å². The number of hydrogen-bond donors (Lipinski definition) is 1. The van der Waals surface area contributed by atoms with Gasteiger partial charge in [-0.3, -0.25) is 4.79 Å². The lowest BCUT2D eigenvalue weighted by atomic mass is 9.96.